The molecule has 0 heterocycles. The van der Waals surface area contributed by atoms with Crippen LogP contribution < -0.4 is 9.47 Å². The molecule has 0 N–H and O–H groups in total. The molecule has 5 nitrogen and oxygen atoms in total. The average Bonchev–Trinajstić information content (AvgIpc) is 2.26. The van der Waals surface area contributed by atoms with E-state index in [0.29, 0.717) is 15.7 Å². The summed E-state index contributed by atoms with van der Waals surface area (Å²) in [4.78, 5) is 10.4. The molecule has 0 fully saturated rings. The Hall–Kier alpha value is -1.05. The number of nitro groups is 1. The molecule has 0 aliphatic carbocycles. The fourth-order valence-electron chi connectivity index (χ4n) is 1.26. The summed E-state index contributed by atoms with van der Waals surface area (Å²) in [5.41, 5.74) is 0.601. The number of methoxy groups -OCH3 is 2. The normalized spacial score (nSPS) is 9.80. The zero-order valence-electron chi connectivity index (χ0n) is 8.32. The number of rotatable bonds is 4. The molecular weight excluding hydrogens is 313 g/mol. The third-order valence-corrected chi connectivity index (χ3v) is 2.75. The summed E-state index contributed by atoms with van der Waals surface area (Å²) in [6.45, 7) is 0. The van der Waals surface area contributed by atoms with E-state index in [1.807, 2.05) is 0 Å². The van der Waals surface area contributed by atoms with Crippen molar-refractivity contribution in [2.45, 2.75) is 4.43 Å². The van der Waals surface area contributed by atoms with Crippen molar-refractivity contribution in [1.82, 2.24) is 0 Å². The van der Waals surface area contributed by atoms with Gasteiger partial charge in [-0.15, -0.1) is 0 Å². The summed E-state index contributed by atoms with van der Waals surface area (Å²) in [6, 6.07) is 3.34. The summed E-state index contributed by atoms with van der Waals surface area (Å²) in [5.74, 6) is 0.550. The van der Waals surface area contributed by atoms with Crippen LogP contribution in [0.4, 0.5) is 5.69 Å². The van der Waals surface area contributed by atoms with E-state index in [4.69, 9.17) is 9.47 Å². The van der Waals surface area contributed by atoms with Crippen LogP contribution in [-0.4, -0.2) is 19.1 Å². The van der Waals surface area contributed by atoms with Crippen LogP contribution in [0.15, 0.2) is 12.1 Å². The van der Waals surface area contributed by atoms with E-state index < -0.39 is 4.92 Å². The van der Waals surface area contributed by atoms with E-state index in [1.54, 1.807) is 12.1 Å². The highest BCUT2D eigenvalue weighted by Gasteiger charge is 2.24. The Morgan fingerprint density at radius 2 is 2.07 bits per heavy atom. The van der Waals surface area contributed by atoms with Gasteiger partial charge in [-0.1, -0.05) is 22.6 Å². The quantitative estimate of drug-likeness (QED) is 0.370. The van der Waals surface area contributed by atoms with Gasteiger partial charge >= 0.3 is 5.69 Å². The Bertz CT molecular complexity index is 381. The average molecular weight is 323 g/mol. The first-order valence-corrected chi connectivity index (χ1v) is 5.62. The van der Waals surface area contributed by atoms with Crippen LogP contribution >= 0.6 is 22.6 Å². The fraction of sp³-hybridized carbons (Fsp3) is 0.333. The van der Waals surface area contributed by atoms with Crippen molar-refractivity contribution < 1.29 is 14.4 Å². The van der Waals surface area contributed by atoms with Gasteiger partial charge in [-0.25, -0.2) is 0 Å². The molecule has 0 aliphatic heterocycles. The van der Waals surface area contributed by atoms with Gasteiger partial charge in [0.2, 0.25) is 5.75 Å². The smallest absolute Gasteiger partial charge is 0.318 e. The molecule has 0 atom stereocenters. The first-order chi connectivity index (χ1) is 7.15. The maximum absolute atomic E-state index is 10.9. The molecule has 0 spiro atoms. The maximum Gasteiger partial charge on any atom is 0.318 e. The highest BCUT2D eigenvalue weighted by Crippen LogP contribution is 2.40. The molecule has 6 heteroatoms. The summed E-state index contributed by atoms with van der Waals surface area (Å²) in [6.07, 6.45) is 0. The third kappa shape index (κ3) is 2.31. The van der Waals surface area contributed by atoms with E-state index in [1.165, 1.54) is 14.2 Å². The Kier molecular flexibility index (Phi) is 4.13. The van der Waals surface area contributed by atoms with Crippen LogP contribution in [0.25, 0.3) is 0 Å². The highest BCUT2D eigenvalue weighted by molar-refractivity contribution is 14.1. The molecule has 0 radical (unpaired) electrons. The van der Waals surface area contributed by atoms with Gasteiger partial charge in [-0.2, -0.15) is 0 Å². The van der Waals surface area contributed by atoms with Crippen LogP contribution in [0, 0.1) is 10.1 Å². The number of hydrogen-bond acceptors (Lipinski definition) is 4. The standard InChI is InChI=1S/C9H10INO4/c1-14-7-4-3-6(5-10)8(11(12)13)9(7)15-2/h3-4H,5H2,1-2H3. The van der Waals surface area contributed by atoms with Crippen molar-refractivity contribution in [2.24, 2.45) is 0 Å². The lowest BCUT2D eigenvalue weighted by atomic mass is 10.2. The third-order valence-electron chi connectivity index (χ3n) is 1.93. The summed E-state index contributed by atoms with van der Waals surface area (Å²) in [7, 11) is 2.84. The van der Waals surface area contributed by atoms with Crippen molar-refractivity contribution in [2.75, 3.05) is 14.2 Å². The minimum Gasteiger partial charge on any atom is -0.493 e. The monoisotopic (exact) mass is 323 g/mol. The fourth-order valence-corrected chi connectivity index (χ4v) is 1.87. The topological polar surface area (TPSA) is 61.6 Å². The minimum absolute atomic E-state index is 0.0220. The van der Waals surface area contributed by atoms with E-state index in [0.717, 1.165) is 0 Å². The molecule has 0 saturated carbocycles. The first-order valence-electron chi connectivity index (χ1n) is 4.09. The predicted octanol–water partition coefficient (Wildman–Crippen LogP) is 2.55. The van der Waals surface area contributed by atoms with Gasteiger partial charge in [0.15, 0.2) is 5.75 Å². The van der Waals surface area contributed by atoms with E-state index >= 15 is 0 Å². The van der Waals surface area contributed by atoms with Crippen molar-refractivity contribution >= 4 is 28.3 Å². The molecule has 0 aromatic heterocycles. The zero-order valence-corrected chi connectivity index (χ0v) is 10.5. The first kappa shape index (κ1) is 12.0. The highest BCUT2D eigenvalue weighted by atomic mass is 127. The zero-order chi connectivity index (χ0) is 11.4. The molecular formula is C9H10INO4. The Balaban J connectivity index is 3.44. The van der Waals surface area contributed by atoms with Gasteiger partial charge in [0.1, 0.15) is 0 Å². The maximum atomic E-state index is 10.9. The van der Waals surface area contributed by atoms with Gasteiger partial charge in [0, 0.05) is 9.99 Å². The largest absolute Gasteiger partial charge is 0.493 e. The minimum atomic E-state index is -0.449. The molecule has 0 bridgehead atoms. The van der Waals surface area contributed by atoms with E-state index in [-0.39, 0.29) is 11.4 Å². The van der Waals surface area contributed by atoms with Crippen LogP contribution in [0.1, 0.15) is 5.56 Å². The van der Waals surface area contributed by atoms with Gasteiger partial charge in [0.05, 0.1) is 19.1 Å². The second kappa shape index (κ2) is 5.15. The van der Waals surface area contributed by atoms with Crippen molar-refractivity contribution in [3.63, 3.8) is 0 Å². The molecule has 0 unspecified atom stereocenters. The van der Waals surface area contributed by atoms with Crippen molar-refractivity contribution in [3.8, 4) is 11.5 Å². The molecule has 1 aromatic carbocycles. The van der Waals surface area contributed by atoms with Gasteiger partial charge < -0.3 is 9.47 Å². The summed E-state index contributed by atoms with van der Waals surface area (Å²) in [5, 5.41) is 10.9. The number of benzene rings is 1. The Labute approximate surface area is 101 Å². The van der Waals surface area contributed by atoms with Crippen LogP contribution in [0.5, 0.6) is 11.5 Å². The lowest BCUT2D eigenvalue weighted by molar-refractivity contribution is -0.386. The number of ether oxygens (including phenoxy) is 2. The molecule has 82 valence electrons. The van der Waals surface area contributed by atoms with Gasteiger partial charge in [-0.3, -0.25) is 10.1 Å². The Morgan fingerprint density at radius 1 is 1.40 bits per heavy atom. The SMILES string of the molecule is COc1ccc(CI)c([N+](=O)[O-])c1OC. The number of nitro benzene ring substituents is 1. The van der Waals surface area contributed by atoms with Gasteiger partial charge in [-0.05, 0) is 12.1 Å². The summed E-state index contributed by atoms with van der Waals surface area (Å²) >= 11 is 2.07. The second-order valence-electron chi connectivity index (χ2n) is 2.70. The second-order valence-corrected chi connectivity index (χ2v) is 3.46. The molecule has 0 aliphatic rings. The van der Waals surface area contributed by atoms with E-state index in [9.17, 15) is 10.1 Å². The van der Waals surface area contributed by atoms with Gasteiger partial charge in [0.25, 0.3) is 0 Å². The van der Waals surface area contributed by atoms with Crippen LogP contribution in [-0.2, 0) is 4.43 Å². The Morgan fingerprint density at radius 3 is 2.47 bits per heavy atom. The van der Waals surface area contributed by atoms with E-state index in [2.05, 4.69) is 22.6 Å². The molecule has 15 heavy (non-hydrogen) atoms. The molecule has 0 amide bonds. The number of halogens is 1. The van der Waals surface area contributed by atoms with Crippen LogP contribution in [0.3, 0.4) is 0 Å². The number of hydrogen-bond donors (Lipinski definition) is 0. The molecule has 0 saturated heterocycles. The number of alkyl halides is 1. The lowest BCUT2D eigenvalue weighted by Gasteiger charge is -2.09. The lowest BCUT2D eigenvalue weighted by Crippen LogP contribution is -2.00. The van der Waals surface area contributed by atoms with Crippen LogP contribution in [0.2, 0.25) is 0 Å². The predicted molar refractivity (Wildman–Crippen MR) is 63.9 cm³/mol. The van der Waals surface area contributed by atoms with Crippen molar-refractivity contribution in [3.05, 3.63) is 27.8 Å². The number of nitrogens with zero attached hydrogens (tertiary/aromatic N) is 1. The van der Waals surface area contributed by atoms with Crippen molar-refractivity contribution in [1.29, 1.82) is 0 Å². The summed E-state index contributed by atoms with van der Waals surface area (Å²) < 4.78 is 10.5. The molecule has 1 rings (SSSR count). The molecule has 1 aromatic rings.